The minimum absolute atomic E-state index is 0.187. The van der Waals surface area contributed by atoms with Crippen LogP contribution < -0.4 is 5.32 Å². The molecule has 29 heavy (non-hydrogen) atoms. The molecular formula is C20H20F3N3O2S. The highest BCUT2D eigenvalue weighted by Gasteiger charge is 2.30. The van der Waals surface area contributed by atoms with Gasteiger partial charge in [0.05, 0.1) is 17.4 Å². The van der Waals surface area contributed by atoms with E-state index in [9.17, 15) is 18.0 Å². The number of alkyl halides is 3. The molecule has 9 heteroatoms. The molecule has 5 nitrogen and oxygen atoms in total. The SMILES string of the molecule is O=C(NCC[C@@H]1CCCCO1)c1csc2nc(-c3cccc(C(F)(F)F)c3)cn12. The molecule has 0 bridgehead atoms. The first-order chi connectivity index (χ1) is 13.9. The van der Waals surface area contributed by atoms with Gasteiger partial charge >= 0.3 is 6.18 Å². The summed E-state index contributed by atoms with van der Waals surface area (Å²) in [6.45, 7) is 1.28. The van der Waals surface area contributed by atoms with Gasteiger partial charge in [0.2, 0.25) is 0 Å². The lowest BCUT2D eigenvalue weighted by Crippen LogP contribution is -2.30. The Kier molecular flexibility index (Phi) is 5.60. The maximum Gasteiger partial charge on any atom is 0.416 e. The summed E-state index contributed by atoms with van der Waals surface area (Å²) in [6.07, 6.45) is 1.38. The number of thiazole rings is 1. The number of nitrogens with one attached hydrogen (secondary N) is 1. The first-order valence-corrected chi connectivity index (χ1v) is 10.3. The molecule has 1 atom stereocenters. The molecule has 154 valence electrons. The maximum absolute atomic E-state index is 13.0. The number of rotatable bonds is 5. The first-order valence-electron chi connectivity index (χ1n) is 9.46. The van der Waals surface area contributed by atoms with Gasteiger partial charge in [-0.3, -0.25) is 9.20 Å². The molecule has 0 spiro atoms. The average Bonchev–Trinajstić information content (AvgIpc) is 3.29. The van der Waals surface area contributed by atoms with Crippen molar-refractivity contribution in [2.75, 3.05) is 13.2 Å². The number of ether oxygens (including phenoxy) is 1. The molecule has 1 fully saturated rings. The van der Waals surface area contributed by atoms with Crippen molar-refractivity contribution in [2.45, 2.75) is 38.0 Å². The number of hydrogen-bond acceptors (Lipinski definition) is 4. The van der Waals surface area contributed by atoms with E-state index in [0.717, 1.165) is 44.4 Å². The molecule has 1 N–H and O–H groups in total. The summed E-state index contributed by atoms with van der Waals surface area (Å²) in [6, 6.07) is 5.02. The van der Waals surface area contributed by atoms with Crippen LogP contribution in [0.25, 0.3) is 16.2 Å². The third kappa shape index (κ3) is 4.45. The number of fused-ring (bicyclic) bond motifs is 1. The van der Waals surface area contributed by atoms with E-state index in [2.05, 4.69) is 10.3 Å². The number of amides is 1. The minimum atomic E-state index is -4.42. The lowest BCUT2D eigenvalue weighted by molar-refractivity contribution is -0.137. The van der Waals surface area contributed by atoms with Crippen LogP contribution in [-0.2, 0) is 10.9 Å². The van der Waals surface area contributed by atoms with Crippen LogP contribution in [-0.4, -0.2) is 34.5 Å². The molecule has 1 amide bonds. The van der Waals surface area contributed by atoms with E-state index in [1.165, 1.54) is 17.4 Å². The summed E-state index contributed by atoms with van der Waals surface area (Å²) in [4.78, 5) is 17.5. The second-order valence-electron chi connectivity index (χ2n) is 7.01. The lowest BCUT2D eigenvalue weighted by atomic mass is 10.1. The monoisotopic (exact) mass is 423 g/mol. The molecule has 3 heterocycles. The fourth-order valence-electron chi connectivity index (χ4n) is 3.41. The summed E-state index contributed by atoms with van der Waals surface area (Å²) < 4.78 is 46.2. The number of imidazole rings is 1. The zero-order valence-electron chi connectivity index (χ0n) is 15.5. The zero-order chi connectivity index (χ0) is 20.4. The maximum atomic E-state index is 13.0. The van der Waals surface area contributed by atoms with Gasteiger partial charge in [-0.25, -0.2) is 4.98 Å². The molecule has 1 aliphatic rings. The Bertz CT molecular complexity index is 1010. The van der Waals surface area contributed by atoms with E-state index >= 15 is 0 Å². The van der Waals surface area contributed by atoms with Crippen molar-refractivity contribution in [3.63, 3.8) is 0 Å². The molecule has 0 unspecified atom stereocenters. The molecule has 0 aliphatic carbocycles. The predicted molar refractivity (Wildman–Crippen MR) is 104 cm³/mol. The zero-order valence-corrected chi connectivity index (χ0v) is 16.4. The van der Waals surface area contributed by atoms with Gasteiger partial charge in [-0.15, -0.1) is 11.3 Å². The Morgan fingerprint density at radius 2 is 2.21 bits per heavy atom. The van der Waals surface area contributed by atoms with Crippen molar-refractivity contribution in [3.05, 3.63) is 47.1 Å². The van der Waals surface area contributed by atoms with Gasteiger partial charge in [0.1, 0.15) is 5.69 Å². The van der Waals surface area contributed by atoms with Crippen LogP contribution in [0.3, 0.4) is 0 Å². The molecular weight excluding hydrogens is 403 g/mol. The number of aromatic nitrogens is 2. The second-order valence-corrected chi connectivity index (χ2v) is 7.85. The molecule has 4 rings (SSSR count). The molecule has 2 aromatic heterocycles. The smallest absolute Gasteiger partial charge is 0.378 e. The summed E-state index contributed by atoms with van der Waals surface area (Å²) in [5, 5.41) is 4.59. The highest BCUT2D eigenvalue weighted by molar-refractivity contribution is 7.15. The second kappa shape index (κ2) is 8.16. The van der Waals surface area contributed by atoms with Crippen LogP contribution in [0.4, 0.5) is 13.2 Å². The number of halogens is 3. The van der Waals surface area contributed by atoms with Crippen molar-refractivity contribution >= 4 is 22.2 Å². The standard InChI is InChI=1S/C20H20F3N3O2S/c21-20(22,23)14-5-3-4-13(10-14)16-11-26-17(12-29-19(26)25-16)18(27)24-8-7-15-6-1-2-9-28-15/h3-5,10-12,15H,1-2,6-9H2,(H,24,27)/t15-/m0/s1. The molecule has 1 aliphatic heterocycles. The molecule has 0 radical (unpaired) electrons. The van der Waals surface area contributed by atoms with Crippen LogP contribution in [0.2, 0.25) is 0 Å². The largest absolute Gasteiger partial charge is 0.416 e. The van der Waals surface area contributed by atoms with Gasteiger partial charge < -0.3 is 10.1 Å². The van der Waals surface area contributed by atoms with E-state index in [0.29, 0.717) is 28.5 Å². The molecule has 1 saturated heterocycles. The third-order valence-electron chi connectivity index (χ3n) is 4.95. The van der Waals surface area contributed by atoms with Crippen LogP contribution in [0.5, 0.6) is 0 Å². The van der Waals surface area contributed by atoms with E-state index in [1.54, 1.807) is 22.0 Å². The molecule has 1 aromatic carbocycles. The number of hydrogen-bond donors (Lipinski definition) is 1. The number of carbonyl (C=O) groups excluding carboxylic acids is 1. The predicted octanol–water partition coefficient (Wildman–Crippen LogP) is 4.77. The van der Waals surface area contributed by atoms with Crippen molar-refractivity contribution in [3.8, 4) is 11.3 Å². The number of benzene rings is 1. The summed E-state index contributed by atoms with van der Waals surface area (Å²) in [5.74, 6) is -0.236. The van der Waals surface area contributed by atoms with E-state index < -0.39 is 11.7 Å². The van der Waals surface area contributed by atoms with Crippen molar-refractivity contribution in [2.24, 2.45) is 0 Å². The third-order valence-corrected chi connectivity index (χ3v) is 5.79. The summed E-state index contributed by atoms with van der Waals surface area (Å²) in [5.41, 5.74) is 0.443. The Balaban J connectivity index is 1.48. The number of carbonyl (C=O) groups is 1. The summed E-state index contributed by atoms with van der Waals surface area (Å²) in [7, 11) is 0. The fourth-order valence-corrected chi connectivity index (χ4v) is 4.27. The quantitative estimate of drug-likeness (QED) is 0.643. The first kappa shape index (κ1) is 19.9. The van der Waals surface area contributed by atoms with E-state index in [4.69, 9.17) is 4.74 Å². The number of nitrogens with zero attached hydrogens (tertiary/aromatic N) is 2. The average molecular weight is 423 g/mol. The molecule has 0 saturated carbocycles. The van der Waals surface area contributed by atoms with Crippen molar-refractivity contribution in [1.29, 1.82) is 0 Å². The Hall–Kier alpha value is -2.39. The highest BCUT2D eigenvalue weighted by atomic mass is 32.1. The summed E-state index contributed by atoms with van der Waals surface area (Å²) >= 11 is 1.27. The lowest BCUT2D eigenvalue weighted by Gasteiger charge is -2.22. The van der Waals surface area contributed by atoms with E-state index in [-0.39, 0.29) is 12.0 Å². The van der Waals surface area contributed by atoms with E-state index in [1.807, 2.05) is 0 Å². The Labute approximate surface area is 169 Å². The van der Waals surface area contributed by atoms with Gasteiger partial charge in [0, 0.05) is 30.3 Å². The van der Waals surface area contributed by atoms with Gasteiger partial charge in [-0.05, 0) is 37.8 Å². The van der Waals surface area contributed by atoms with Gasteiger partial charge in [-0.1, -0.05) is 12.1 Å². The van der Waals surface area contributed by atoms with Crippen LogP contribution in [0.1, 0.15) is 41.7 Å². The van der Waals surface area contributed by atoms with Gasteiger partial charge in [-0.2, -0.15) is 13.2 Å². The molecule has 3 aromatic rings. The normalized spacial score (nSPS) is 17.6. The van der Waals surface area contributed by atoms with Crippen LogP contribution in [0, 0.1) is 0 Å². The van der Waals surface area contributed by atoms with Gasteiger partial charge in [0.25, 0.3) is 5.91 Å². The Morgan fingerprint density at radius 1 is 1.34 bits per heavy atom. The topological polar surface area (TPSA) is 55.6 Å². The fraction of sp³-hybridized carbons (Fsp3) is 0.400. The Morgan fingerprint density at radius 3 is 2.97 bits per heavy atom. The van der Waals surface area contributed by atoms with Crippen LogP contribution >= 0.6 is 11.3 Å². The van der Waals surface area contributed by atoms with Crippen molar-refractivity contribution < 1.29 is 22.7 Å². The van der Waals surface area contributed by atoms with Crippen molar-refractivity contribution in [1.82, 2.24) is 14.7 Å². The highest BCUT2D eigenvalue weighted by Crippen LogP contribution is 2.32. The van der Waals surface area contributed by atoms with Crippen LogP contribution in [0.15, 0.2) is 35.8 Å². The van der Waals surface area contributed by atoms with Gasteiger partial charge in [0.15, 0.2) is 4.96 Å². The minimum Gasteiger partial charge on any atom is -0.378 e.